The number of hydrogen-bond acceptors (Lipinski definition) is 3. The first-order valence-electron chi connectivity index (χ1n) is 6.26. The Morgan fingerprint density at radius 3 is 2.83 bits per heavy atom. The van der Waals surface area contributed by atoms with Gasteiger partial charge in [0.2, 0.25) is 5.91 Å². The minimum Gasteiger partial charge on any atom is -0.396 e. The van der Waals surface area contributed by atoms with Crippen molar-refractivity contribution >= 4 is 11.6 Å². The van der Waals surface area contributed by atoms with Crippen LogP contribution in [0.15, 0.2) is 24.3 Å². The minimum atomic E-state index is 0.0306. The lowest BCUT2D eigenvalue weighted by atomic mass is 10.1. The summed E-state index contributed by atoms with van der Waals surface area (Å²) in [6, 6.07) is 7.78. The number of hydrogen-bond donors (Lipinski definition) is 2. The van der Waals surface area contributed by atoms with Gasteiger partial charge >= 0.3 is 0 Å². The number of nitrogens with zero attached hydrogens (tertiary/aromatic N) is 1. The highest BCUT2D eigenvalue weighted by atomic mass is 16.2. The normalized spacial score (nSPS) is 10.7. The smallest absolute Gasteiger partial charge is 0.225 e. The molecule has 0 spiro atoms. The van der Waals surface area contributed by atoms with Crippen molar-refractivity contribution in [2.45, 2.75) is 19.3 Å². The van der Waals surface area contributed by atoms with Gasteiger partial charge < -0.3 is 15.3 Å². The van der Waals surface area contributed by atoms with Gasteiger partial charge in [-0.3, -0.25) is 4.79 Å². The van der Waals surface area contributed by atoms with E-state index < -0.39 is 0 Å². The predicted molar refractivity (Wildman–Crippen MR) is 73.6 cm³/mol. The zero-order valence-corrected chi connectivity index (χ0v) is 11.1. The summed E-state index contributed by atoms with van der Waals surface area (Å²) in [4.78, 5) is 13.6. The second-order valence-corrected chi connectivity index (χ2v) is 4.63. The molecule has 18 heavy (non-hydrogen) atoms. The van der Waals surface area contributed by atoms with Crippen LogP contribution in [-0.4, -0.2) is 43.2 Å². The third kappa shape index (κ3) is 5.80. The molecule has 1 rings (SSSR count). The van der Waals surface area contributed by atoms with Gasteiger partial charge in [0, 0.05) is 25.3 Å². The van der Waals surface area contributed by atoms with Crippen molar-refractivity contribution in [3.63, 3.8) is 0 Å². The van der Waals surface area contributed by atoms with Crippen LogP contribution in [0.5, 0.6) is 0 Å². The van der Waals surface area contributed by atoms with Crippen LogP contribution >= 0.6 is 0 Å². The molecule has 0 aliphatic rings. The van der Waals surface area contributed by atoms with E-state index in [1.807, 2.05) is 43.3 Å². The number of carbonyl (C=O) groups excluding carboxylic acids is 1. The van der Waals surface area contributed by atoms with E-state index in [9.17, 15) is 4.79 Å². The highest BCUT2D eigenvalue weighted by Crippen LogP contribution is 2.12. The van der Waals surface area contributed by atoms with Crippen LogP contribution in [0.1, 0.15) is 18.4 Å². The lowest BCUT2D eigenvalue weighted by Gasteiger charge is -2.10. The highest BCUT2D eigenvalue weighted by molar-refractivity contribution is 5.90. The Morgan fingerprint density at radius 2 is 2.17 bits per heavy atom. The fourth-order valence-corrected chi connectivity index (χ4v) is 1.64. The number of anilines is 1. The van der Waals surface area contributed by atoms with Crippen LogP contribution in [0.2, 0.25) is 0 Å². The average Bonchev–Trinajstić information content (AvgIpc) is 2.34. The van der Waals surface area contributed by atoms with Gasteiger partial charge in [0.15, 0.2) is 0 Å². The molecular weight excluding hydrogens is 228 g/mol. The van der Waals surface area contributed by atoms with E-state index in [-0.39, 0.29) is 12.5 Å². The Bertz CT molecular complexity index is 378. The Morgan fingerprint density at radius 1 is 1.39 bits per heavy atom. The van der Waals surface area contributed by atoms with Gasteiger partial charge in [0.25, 0.3) is 0 Å². The van der Waals surface area contributed by atoms with E-state index in [0.717, 1.165) is 30.6 Å². The summed E-state index contributed by atoms with van der Waals surface area (Å²) >= 11 is 0. The number of aliphatic hydroxyl groups excluding tert-OH is 1. The van der Waals surface area contributed by atoms with Crippen molar-refractivity contribution in [2.75, 3.05) is 32.6 Å². The summed E-state index contributed by atoms with van der Waals surface area (Å²) in [6.07, 6.45) is 2.07. The van der Waals surface area contributed by atoms with E-state index in [1.54, 1.807) is 0 Å². The molecule has 0 unspecified atom stereocenters. The van der Waals surface area contributed by atoms with Gasteiger partial charge in [-0.15, -0.1) is 0 Å². The molecule has 0 radical (unpaired) electrons. The zero-order chi connectivity index (χ0) is 13.4. The first kappa shape index (κ1) is 14.7. The third-order valence-corrected chi connectivity index (χ3v) is 2.62. The fourth-order valence-electron chi connectivity index (χ4n) is 1.64. The molecule has 4 heteroatoms. The molecule has 100 valence electrons. The maximum absolute atomic E-state index is 11.7. The summed E-state index contributed by atoms with van der Waals surface area (Å²) < 4.78 is 0. The Hall–Kier alpha value is -1.39. The van der Waals surface area contributed by atoms with Gasteiger partial charge in [-0.05, 0) is 44.6 Å². The SMILES string of the molecule is CN(C)CCC(=O)Nc1cccc(CCCO)c1. The van der Waals surface area contributed by atoms with Crippen molar-refractivity contribution in [3.05, 3.63) is 29.8 Å². The average molecular weight is 250 g/mol. The van der Waals surface area contributed by atoms with E-state index >= 15 is 0 Å². The molecule has 0 atom stereocenters. The molecular formula is C14H22N2O2. The summed E-state index contributed by atoms with van der Waals surface area (Å²) in [5, 5.41) is 11.7. The van der Waals surface area contributed by atoms with E-state index in [4.69, 9.17) is 5.11 Å². The third-order valence-electron chi connectivity index (χ3n) is 2.62. The molecule has 0 saturated carbocycles. The molecule has 0 fully saturated rings. The molecule has 0 heterocycles. The minimum absolute atomic E-state index is 0.0306. The van der Waals surface area contributed by atoms with E-state index in [1.165, 1.54) is 0 Å². The molecule has 1 amide bonds. The molecule has 0 bridgehead atoms. The second-order valence-electron chi connectivity index (χ2n) is 4.63. The van der Waals surface area contributed by atoms with Crippen molar-refractivity contribution in [1.29, 1.82) is 0 Å². The lowest BCUT2D eigenvalue weighted by molar-refractivity contribution is -0.116. The van der Waals surface area contributed by atoms with Crippen molar-refractivity contribution in [2.24, 2.45) is 0 Å². The number of aliphatic hydroxyl groups is 1. The monoisotopic (exact) mass is 250 g/mol. The highest BCUT2D eigenvalue weighted by Gasteiger charge is 2.03. The van der Waals surface area contributed by atoms with Crippen LogP contribution in [0.25, 0.3) is 0 Å². The van der Waals surface area contributed by atoms with Crippen LogP contribution < -0.4 is 5.32 Å². The Balaban J connectivity index is 2.48. The largest absolute Gasteiger partial charge is 0.396 e. The molecule has 1 aromatic rings. The first-order valence-corrected chi connectivity index (χ1v) is 6.26. The number of carbonyl (C=O) groups is 1. The van der Waals surface area contributed by atoms with Crippen molar-refractivity contribution in [1.82, 2.24) is 4.90 Å². The maximum atomic E-state index is 11.7. The molecule has 2 N–H and O–H groups in total. The summed E-state index contributed by atoms with van der Waals surface area (Å²) in [6.45, 7) is 0.940. The van der Waals surface area contributed by atoms with Crippen LogP contribution in [0.4, 0.5) is 5.69 Å². The topological polar surface area (TPSA) is 52.6 Å². The van der Waals surface area contributed by atoms with E-state index in [2.05, 4.69) is 5.32 Å². The lowest BCUT2D eigenvalue weighted by Crippen LogP contribution is -2.20. The Kier molecular flexibility index (Phi) is 6.39. The predicted octanol–water partition coefficient (Wildman–Crippen LogP) is 1.50. The summed E-state index contributed by atoms with van der Waals surface area (Å²) in [5.74, 6) is 0.0306. The van der Waals surface area contributed by atoms with Gasteiger partial charge in [-0.25, -0.2) is 0 Å². The van der Waals surface area contributed by atoms with Crippen LogP contribution in [0.3, 0.4) is 0 Å². The number of aryl methyl sites for hydroxylation is 1. The maximum Gasteiger partial charge on any atom is 0.225 e. The fraction of sp³-hybridized carbons (Fsp3) is 0.500. The Labute approximate surface area is 109 Å². The van der Waals surface area contributed by atoms with Crippen LogP contribution in [-0.2, 0) is 11.2 Å². The molecule has 0 saturated heterocycles. The number of nitrogens with one attached hydrogen (secondary N) is 1. The molecule has 1 aromatic carbocycles. The molecule has 0 aliphatic carbocycles. The molecule has 4 nitrogen and oxygen atoms in total. The van der Waals surface area contributed by atoms with Gasteiger partial charge in [-0.2, -0.15) is 0 Å². The van der Waals surface area contributed by atoms with Crippen molar-refractivity contribution < 1.29 is 9.90 Å². The van der Waals surface area contributed by atoms with Gasteiger partial charge in [0.05, 0.1) is 0 Å². The van der Waals surface area contributed by atoms with Crippen molar-refractivity contribution in [3.8, 4) is 0 Å². The number of rotatable bonds is 7. The van der Waals surface area contributed by atoms with Gasteiger partial charge in [-0.1, -0.05) is 12.1 Å². The summed E-state index contributed by atoms with van der Waals surface area (Å²) in [5.41, 5.74) is 1.96. The number of amides is 1. The van der Waals surface area contributed by atoms with Crippen LogP contribution in [0, 0.1) is 0 Å². The second kappa shape index (κ2) is 7.84. The first-order chi connectivity index (χ1) is 8.61. The van der Waals surface area contributed by atoms with E-state index in [0.29, 0.717) is 6.42 Å². The zero-order valence-electron chi connectivity index (χ0n) is 11.1. The standard InChI is InChI=1S/C14H22N2O2/c1-16(2)9-8-14(18)15-13-7-3-5-12(11-13)6-4-10-17/h3,5,7,11,17H,4,6,8-10H2,1-2H3,(H,15,18). The molecule has 0 aliphatic heterocycles. The quantitative estimate of drug-likeness (QED) is 0.771. The van der Waals surface area contributed by atoms with Gasteiger partial charge in [0.1, 0.15) is 0 Å². The molecule has 0 aromatic heterocycles. The number of benzene rings is 1. The summed E-state index contributed by atoms with van der Waals surface area (Å²) in [7, 11) is 3.89.